The van der Waals surface area contributed by atoms with E-state index in [2.05, 4.69) is 4.90 Å². The highest BCUT2D eigenvalue weighted by Crippen LogP contribution is 2.24. The first-order chi connectivity index (χ1) is 7.33. The van der Waals surface area contributed by atoms with Crippen molar-refractivity contribution in [2.45, 2.75) is 39.7 Å². The Bertz CT molecular complexity index is 251. The van der Waals surface area contributed by atoms with E-state index in [1.54, 1.807) is 0 Å². The smallest absolute Gasteiger partial charge is 0.0963 e. The average molecular weight is 227 g/mol. The summed E-state index contributed by atoms with van der Waals surface area (Å²) in [6.45, 7) is 8.90. The standard InChI is InChI=1S/C12H25N3O/c1-9(16)10-4-6-15(8-10)7-5-12(2,3)11(13)14/h9-10,16H,4-8H2,1-3H3,(H3,13,14). The number of aliphatic hydroxyl groups excluding tert-OH is 1. The molecular weight excluding hydrogens is 202 g/mol. The number of rotatable bonds is 5. The Morgan fingerprint density at radius 2 is 2.25 bits per heavy atom. The molecule has 0 aromatic carbocycles. The number of nitrogens with one attached hydrogen (secondary N) is 1. The van der Waals surface area contributed by atoms with Crippen LogP contribution in [-0.4, -0.2) is 41.6 Å². The molecule has 1 rings (SSSR count). The van der Waals surface area contributed by atoms with Crippen LogP contribution in [0, 0.1) is 16.7 Å². The van der Waals surface area contributed by atoms with E-state index < -0.39 is 0 Å². The van der Waals surface area contributed by atoms with Gasteiger partial charge in [0.1, 0.15) is 0 Å². The molecule has 0 aliphatic carbocycles. The van der Waals surface area contributed by atoms with Gasteiger partial charge in [0.2, 0.25) is 0 Å². The monoisotopic (exact) mass is 227 g/mol. The Balaban J connectivity index is 2.33. The molecule has 1 saturated heterocycles. The summed E-state index contributed by atoms with van der Waals surface area (Å²) in [7, 11) is 0. The van der Waals surface area contributed by atoms with Gasteiger partial charge < -0.3 is 15.7 Å². The van der Waals surface area contributed by atoms with E-state index in [1.807, 2.05) is 20.8 Å². The fourth-order valence-corrected chi connectivity index (χ4v) is 2.03. The molecule has 0 saturated carbocycles. The summed E-state index contributed by atoms with van der Waals surface area (Å²) in [6, 6.07) is 0. The molecule has 0 spiro atoms. The van der Waals surface area contributed by atoms with Gasteiger partial charge in [0.25, 0.3) is 0 Å². The van der Waals surface area contributed by atoms with E-state index in [-0.39, 0.29) is 17.4 Å². The summed E-state index contributed by atoms with van der Waals surface area (Å²) in [5, 5.41) is 17.0. The fraction of sp³-hybridized carbons (Fsp3) is 0.917. The topological polar surface area (TPSA) is 73.3 Å². The minimum Gasteiger partial charge on any atom is -0.393 e. The average Bonchev–Trinajstić information content (AvgIpc) is 2.63. The van der Waals surface area contributed by atoms with Crippen molar-refractivity contribution in [3.8, 4) is 0 Å². The highest BCUT2D eigenvalue weighted by atomic mass is 16.3. The Morgan fingerprint density at radius 3 is 2.69 bits per heavy atom. The summed E-state index contributed by atoms with van der Waals surface area (Å²) >= 11 is 0. The van der Waals surface area contributed by atoms with Gasteiger partial charge in [-0.2, -0.15) is 0 Å². The summed E-state index contributed by atoms with van der Waals surface area (Å²) in [6.07, 6.45) is 1.79. The van der Waals surface area contributed by atoms with E-state index in [0.717, 1.165) is 32.5 Å². The largest absolute Gasteiger partial charge is 0.393 e. The molecule has 0 bridgehead atoms. The molecule has 1 aliphatic rings. The molecule has 2 unspecified atom stereocenters. The van der Waals surface area contributed by atoms with Gasteiger partial charge in [-0.3, -0.25) is 5.41 Å². The van der Waals surface area contributed by atoms with Gasteiger partial charge in [-0.05, 0) is 38.8 Å². The van der Waals surface area contributed by atoms with Crippen LogP contribution in [-0.2, 0) is 0 Å². The van der Waals surface area contributed by atoms with E-state index in [1.165, 1.54) is 0 Å². The van der Waals surface area contributed by atoms with Crippen molar-refractivity contribution in [3.63, 3.8) is 0 Å². The zero-order valence-corrected chi connectivity index (χ0v) is 10.7. The number of hydrogen-bond donors (Lipinski definition) is 3. The molecule has 94 valence electrons. The van der Waals surface area contributed by atoms with Gasteiger partial charge in [0.05, 0.1) is 11.9 Å². The normalized spacial score (nSPS) is 24.6. The predicted molar refractivity (Wildman–Crippen MR) is 66.5 cm³/mol. The SMILES string of the molecule is CC(O)C1CCN(CCC(C)(C)C(=N)N)C1. The molecule has 4 N–H and O–H groups in total. The van der Waals surface area contributed by atoms with Crippen molar-refractivity contribution in [1.29, 1.82) is 5.41 Å². The lowest BCUT2D eigenvalue weighted by Gasteiger charge is -2.26. The fourth-order valence-electron chi connectivity index (χ4n) is 2.03. The number of likely N-dealkylation sites (tertiary alicyclic amines) is 1. The van der Waals surface area contributed by atoms with Gasteiger partial charge in [-0.1, -0.05) is 13.8 Å². The first-order valence-electron chi connectivity index (χ1n) is 6.08. The third kappa shape index (κ3) is 3.46. The molecule has 0 aromatic heterocycles. The zero-order valence-electron chi connectivity index (χ0n) is 10.7. The van der Waals surface area contributed by atoms with Crippen LogP contribution >= 0.6 is 0 Å². The first-order valence-corrected chi connectivity index (χ1v) is 6.08. The highest BCUT2D eigenvalue weighted by Gasteiger charge is 2.28. The predicted octanol–water partition coefficient (Wildman–Crippen LogP) is 1.04. The second-order valence-electron chi connectivity index (χ2n) is 5.64. The highest BCUT2D eigenvalue weighted by molar-refractivity contribution is 5.82. The maximum absolute atomic E-state index is 9.51. The third-order valence-corrected chi connectivity index (χ3v) is 3.77. The quantitative estimate of drug-likeness (QED) is 0.485. The summed E-state index contributed by atoms with van der Waals surface area (Å²) < 4.78 is 0. The lowest BCUT2D eigenvalue weighted by Crippen LogP contribution is -2.35. The van der Waals surface area contributed by atoms with Gasteiger partial charge >= 0.3 is 0 Å². The number of nitrogens with two attached hydrogens (primary N) is 1. The van der Waals surface area contributed by atoms with Crippen molar-refractivity contribution in [2.24, 2.45) is 17.1 Å². The van der Waals surface area contributed by atoms with Crippen LogP contribution in [0.5, 0.6) is 0 Å². The van der Waals surface area contributed by atoms with Crippen LogP contribution in [0.1, 0.15) is 33.6 Å². The van der Waals surface area contributed by atoms with Crippen LogP contribution in [0.3, 0.4) is 0 Å². The minimum absolute atomic E-state index is 0.203. The number of hydrogen-bond acceptors (Lipinski definition) is 3. The lowest BCUT2D eigenvalue weighted by atomic mass is 9.88. The zero-order chi connectivity index (χ0) is 12.3. The summed E-state index contributed by atoms with van der Waals surface area (Å²) in [4.78, 5) is 2.36. The second kappa shape index (κ2) is 5.15. The first kappa shape index (κ1) is 13.5. The molecule has 1 aliphatic heterocycles. The number of amidine groups is 1. The van der Waals surface area contributed by atoms with E-state index in [9.17, 15) is 5.11 Å². The molecule has 0 amide bonds. The Hall–Kier alpha value is -0.610. The van der Waals surface area contributed by atoms with Crippen molar-refractivity contribution >= 4 is 5.84 Å². The number of aliphatic hydroxyl groups is 1. The second-order valence-corrected chi connectivity index (χ2v) is 5.64. The molecule has 16 heavy (non-hydrogen) atoms. The molecule has 1 fully saturated rings. The Kier molecular flexibility index (Phi) is 4.33. The molecular formula is C12H25N3O. The molecule has 0 radical (unpaired) electrons. The van der Waals surface area contributed by atoms with Gasteiger partial charge in [-0.15, -0.1) is 0 Å². The van der Waals surface area contributed by atoms with Crippen molar-refractivity contribution < 1.29 is 5.11 Å². The van der Waals surface area contributed by atoms with Crippen LogP contribution < -0.4 is 5.73 Å². The van der Waals surface area contributed by atoms with Gasteiger partial charge in [0.15, 0.2) is 0 Å². The minimum atomic E-state index is -0.205. The summed E-state index contributed by atoms with van der Waals surface area (Å²) in [5.74, 6) is 0.680. The van der Waals surface area contributed by atoms with Crippen molar-refractivity contribution in [1.82, 2.24) is 4.90 Å². The van der Waals surface area contributed by atoms with Crippen LogP contribution in [0.25, 0.3) is 0 Å². The number of nitrogens with zero attached hydrogens (tertiary/aromatic N) is 1. The molecule has 4 heteroatoms. The van der Waals surface area contributed by atoms with E-state index >= 15 is 0 Å². The van der Waals surface area contributed by atoms with Crippen molar-refractivity contribution in [3.05, 3.63) is 0 Å². The van der Waals surface area contributed by atoms with Crippen LogP contribution in [0.4, 0.5) is 0 Å². The molecule has 0 aromatic rings. The van der Waals surface area contributed by atoms with Gasteiger partial charge in [0, 0.05) is 12.0 Å². The molecule has 1 heterocycles. The van der Waals surface area contributed by atoms with E-state index in [4.69, 9.17) is 11.1 Å². The molecule has 2 atom stereocenters. The third-order valence-electron chi connectivity index (χ3n) is 3.77. The molecule has 4 nitrogen and oxygen atoms in total. The van der Waals surface area contributed by atoms with Crippen LogP contribution in [0.2, 0.25) is 0 Å². The lowest BCUT2D eigenvalue weighted by molar-refractivity contribution is 0.127. The van der Waals surface area contributed by atoms with Crippen molar-refractivity contribution in [2.75, 3.05) is 19.6 Å². The van der Waals surface area contributed by atoms with Crippen LogP contribution in [0.15, 0.2) is 0 Å². The maximum Gasteiger partial charge on any atom is 0.0963 e. The Labute approximate surface area is 98.3 Å². The van der Waals surface area contributed by atoms with Gasteiger partial charge in [-0.25, -0.2) is 0 Å². The summed E-state index contributed by atoms with van der Waals surface area (Å²) in [5.41, 5.74) is 5.35. The Morgan fingerprint density at radius 1 is 1.62 bits per heavy atom. The van der Waals surface area contributed by atoms with E-state index in [0.29, 0.717) is 5.92 Å². The maximum atomic E-state index is 9.51.